The summed E-state index contributed by atoms with van der Waals surface area (Å²) in [7, 11) is 1.68. The fourth-order valence-corrected chi connectivity index (χ4v) is 1.77. The van der Waals surface area contributed by atoms with Gasteiger partial charge in [0.25, 0.3) is 0 Å². The minimum absolute atomic E-state index is 0.139. The average Bonchev–Trinajstić information content (AvgIpc) is 2.79. The maximum absolute atomic E-state index is 13.0. The molecule has 2 rings (SSSR count). The summed E-state index contributed by atoms with van der Waals surface area (Å²) < 4.78 is 14.4. The Morgan fingerprint density at radius 1 is 1.32 bits per heavy atom. The number of nitrogens with zero attached hydrogens (tertiary/aromatic N) is 2. The monoisotopic (exact) mass is 280 g/mol. The summed E-state index contributed by atoms with van der Waals surface area (Å²) in [5.41, 5.74) is 0.577. The molecular weight excluding hydrogens is 271 g/mol. The number of aromatic nitrogens is 2. The van der Waals surface area contributed by atoms with Crippen LogP contribution in [0, 0.1) is 5.82 Å². The zero-order valence-corrected chi connectivity index (χ0v) is 10.8. The summed E-state index contributed by atoms with van der Waals surface area (Å²) in [5, 5.41) is 3.72. The molecule has 4 nitrogen and oxygen atoms in total. The van der Waals surface area contributed by atoms with Gasteiger partial charge < -0.3 is 0 Å². The SMILES string of the molecule is Cn1cc(C(=O)CC(=O)c2ccc(F)c(Cl)c2)cn1. The second-order valence-electron chi connectivity index (χ2n) is 4.05. The molecule has 2 aromatic rings. The van der Waals surface area contributed by atoms with Crippen LogP contribution in [0.3, 0.4) is 0 Å². The molecular formula is C13H10ClFN2O2. The molecule has 0 radical (unpaired) electrons. The zero-order chi connectivity index (χ0) is 14.0. The van der Waals surface area contributed by atoms with E-state index in [1.165, 1.54) is 29.2 Å². The summed E-state index contributed by atoms with van der Waals surface area (Å²) in [5.74, 6) is -1.34. The highest BCUT2D eigenvalue weighted by molar-refractivity contribution is 6.31. The van der Waals surface area contributed by atoms with E-state index in [0.717, 1.165) is 6.07 Å². The van der Waals surface area contributed by atoms with E-state index in [9.17, 15) is 14.0 Å². The van der Waals surface area contributed by atoms with Crippen LogP contribution in [0.15, 0.2) is 30.6 Å². The molecule has 1 heterocycles. The van der Waals surface area contributed by atoms with Crippen molar-refractivity contribution in [1.29, 1.82) is 0 Å². The Bertz CT molecular complexity index is 652. The van der Waals surface area contributed by atoms with E-state index in [1.54, 1.807) is 7.05 Å². The maximum atomic E-state index is 13.0. The number of carbonyl (C=O) groups excluding carboxylic acids is 2. The minimum Gasteiger partial charge on any atom is -0.294 e. The van der Waals surface area contributed by atoms with Gasteiger partial charge in [0, 0.05) is 18.8 Å². The number of halogens is 2. The van der Waals surface area contributed by atoms with Gasteiger partial charge in [0.1, 0.15) is 5.82 Å². The molecule has 0 amide bonds. The highest BCUT2D eigenvalue weighted by Crippen LogP contribution is 2.17. The predicted octanol–water partition coefficient (Wildman–Crippen LogP) is 2.67. The van der Waals surface area contributed by atoms with Gasteiger partial charge in [-0.1, -0.05) is 11.6 Å². The van der Waals surface area contributed by atoms with Gasteiger partial charge in [-0.25, -0.2) is 4.39 Å². The predicted molar refractivity (Wildman–Crippen MR) is 67.9 cm³/mol. The second-order valence-corrected chi connectivity index (χ2v) is 4.46. The number of Topliss-reactive ketones (excluding diaryl/α,β-unsaturated/α-hetero) is 2. The maximum Gasteiger partial charge on any atom is 0.173 e. The van der Waals surface area contributed by atoms with Crippen LogP contribution in [0.25, 0.3) is 0 Å². The molecule has 1 aromatic carbocycles. The Hall–Kier alpha value is -2.01. The van der Waals surface area contributed by atoms with Gasteiger partial charge in [-0.2, -0.15) is 5.10 Å². The molecule has 0 saturated carbocycles. The van der Waals surface area contributed by atoms with Crippen molar-refractivity contribution in [2.45, 2.75) is 6.42 Å². The molecule has 0 unspecified atom stereocenters. The Morgan fingerprint density at radius 2 is 2.00 bits per heavy atom. The molecule has 6 heteroatoms. The first-order valence-corrected chi connectivity index (χ1v) is 5.85. The van der Waals surface area contributed by atoms with Crippen molar-refractivity contribution in [2.24, 2.45) is 7.05 Å². The molecule has 98 valence electrons. The van der Waals surface area contributed by atoms with E-state index in [4.69, 9.17) is 11.6 Å². The Morgan fingerprint density at radius 3 is 2.58 bits per heavy atom. The number of rotatable bonds is 4. The lowest BCUT2D eigenvalue weighted by atomic mass is 10.0. The van der Waals surface area contributed by atoms with Crippen LogP contribution in [0.1, 0.15) is 27.1 Å². The van der Waals surface area contributed by atoms with Crippen molar-refractivity contribution in [3.63, 3.8) is 0 Å². The lowest BCUT2D eigenvalue weighted by Crippen LogP contribution is -2.08. The molecule has 0 fully saturated rings. The summed E-state index contributed by atoms with van der Waals surface area (Å²) >= 11 is 5.59. The number of hydrogen-bond donors (Lipinski definition) is 0. The molecule has 0 N–H and O–H groups in total. The van der Waals surface area contributed by atoms with Crippen LogP contribution in [-0.2, 0) is 7.05 Å². The van der Waals surface area contributed by atoms with E-state index < -0.39 is 11.6 Å². The fourth-order valence-electron chi connectivity index (χ4n) is 1.58. The van der Waals surface area contributed by atoms with Gasteiger partial charge in [0.05, 0.1) is 23.2 Å². The van der Waals surface area contributed by atoms with E-state index in [2.05, 4.69) is 5.10 Å². The van der Waals surface area contributed by atoms with Gasteiger partial charge in [0.15, 0.2) is 11.6 Å². The molecule has 1 aromatic heterocycles. The van der Waals surface area contributed by atoms with Crippen LogP contribution in [-0.4, -0.2) is 21.3 Å². The van der Waals surface area contributed by atoms with Crippen molar-refractivity contribution < 1.29 is 14.0 Å². The zero-order valence-electron chi connectivity index (χ0n) is 10.1. The summed E-state index contributed by atoms with van der Waals surface area (Å²) in [6, 6.07) is 3.62. The third-order valence-electron chi connectivity index (χ3n) is 2.59. The summed E-state index contributed by atoms with van der Waals surface area (Å²) in [4.78, 5) is 23.7. The Balaban J connectivity index is 2.12. The first-order valence-electron chi connectivity index (χ1n) is 5.47. The Kier molecular flexibility index (Phi) is 3.76. The van der Waals surface area contributed by atoms with Crippen molar-refractivity contribution in [1.82, 2.24) is 9.78 Å². The van der Waals surface area contributed by atoms with Gasteiger partial charge in [-0.05, 0) is 18.2 Å². The van der Waals surface area contributed by atoms with Gasteiger partial charge in [-0.15, -0.1) is 0 Å². The van der Waals surface area contributed by atoms with Crippen LogP contribution in [0.4, 0.5) is 4.39 Å². The van der Waals surface area contributed by atoms with Crippen LogP contribution >= 0.6 is 11.6 Å². The Labute approximate surface area is 113 Å². The third-order valence-corrected chi connectivity index (χ3v) is 2.88. The largest absolute Gasteiger partial charge is 0.294 e. The number of ketones is 2. The molecule has 19 heavy (non-hydrogen) atoms. The standard InChI is InChI=1S/C13H10ClFN2O2/c1-17-7-9(6-16-17)13(19)5-12(18)8-2-3-11(15)10(14)4-8/h2-4,6-7H,5H2,1H3. The van der Waals surface area contributed by atoms with E-state index in [1.807, 2.05) is 0 Å². The third kappa shape index (κ3) is 3.06. The number of carbonyl (C=O) groups is 2. The molecule has 0 spiro atoms. The van der Waals surface area contributed by atoms with E-state index in [-0.39, 0.29) is 22.8 Å². The van der Waals surface area contributed by atoms with Crippen LogP contribution < -0.4 is 0 Å². The highest BCUT2D eigenvalue weighted by Gasteiger charge is 2.16. The van der Waals surface area contributed by atoms with Gasteiger partial charge in [-0.3, -0.25) is 14.3 Å². The van der Waals surface area contributed by atoms with Crippen LogP contribution in [0.5, 0.6) is 0 Å². The highest BCUT2D eigenvalue weighted by atomic mass is 35.5. The first kappa shape index (κ1) is 13.4. The molecule has 0 atom stereocenters. The number of hydrogen-bond acceptors (Lipinski definition) is 3. The van der Waals surface area contributed by atoms with Gasteiger partial charge in [0.2, 0.25) is 0 Å². The van der Waals surface area contributed by atoms with Crippen LogP contribution in [0.2, 0.25) is 5.02 Å². The van der Waals surface area contributed by atoms with Crippen molar-refractivity contribution >= 4 is 23.2 Å². The van der Waals surface area contributed by atoms with Gasteiger partial charge >= 0.3 is 0 Å². The smallest absolute Gasteiger partial charge is 0.173 e. The van der Waals surface area contributed by atoms with Crippen molar-refractivity contribution in [3.8, 4) is 0 Å². The summed E-state index contributed by atoms with van der Waals surface area (Å²) in [6.45, 7) is 0. The molecule has 0 saturated heterocycles. The summed E-state index contributed by atoms with van der Waals surface area (Å²) in [6.07, 6.45) is 2.63. The van der Waals surface area contributed by atoms with Crippen molar-refractivity contribution in [2.75, 3.05) is 0 Å². The fraction of sp³-hybridized carbons (Fsp3) is 0.154. The minimum atomic E-state index is -0.600. The lowest BCUT2D eigenvalue weighted by molar-refractivity contribution is 0.0894. The molecule has 0 aliphatic rings. The van der Waals surface area contributed by atoms with Crippen molar-refractivity contribution in [3.05, 3.63) is 52.6 Å². The number of benzene rings is 1. The average molecular weight is 281 g/mol. The quantitative estimate of drug-likeness (QED) is 0.639. The second kappa shape index (κ2) is 5.32. The first-order chi connectivity index (χ1) is 8.97. The van der Waals surface area contributed by atoms with E-state index in [0.29, 0.717) is 5.56 Å². The van der Waals surface area contributed by atoms with E-state index >= 15 is 0 Å². The normalized spacial score (nSPS) is 10.5. The molecule has 0 aliphatic heterocycles. The number of aryl methyl sites for hydroxylation is 1. The molecule has 0 bridgehead atoms. The molecule has 0 aliphatic carbocycles. The lowest BCUT2D eigenvalue weighted by Gasteiger charge is -2.01. The topological polar surface area (TPSA) is 52.0 Å².